The number of rotatable bonds is 16. The molecular weight excluding hydrogens is 410 g/mol. The summed E-state index contributed by atoms with van der Waals surface area (Å²) in [5.74, 6) is -0.104. The van der Waals surface area contributed by atoms with Crippen LogP contribution >= 0.6 is 0 Å². The summed E-state index contributed by atoms with van der Waals surface area (Å²) in [5.41, 5.74) is 1.24. The quantitative estimate of drug-likeness (QED) is 0.283. The van der Waals surface area contributed by atoms with Crippen molar-refractivity contribution in [3.8, 4) is 0 Å². The molecule has 0 radical (unpaired) electrons. The van der Waals surface area contributed by atoms with Gasteiger partial charge in [0.05, 0.1) is 13.2 Å². The second kappa shape index (κ2) is 15.8. The van der Waals surface area contributed by atoms with Crippen molar-refractivity contribution in [3.05, 3.63) is 35.9 Å². The third-order valence-electron chi connectivity index (χ3n) is 5.57. The van der Waals surface area contributed by atoms with Gasteiger partial charge in [0.15, 0.2) is 0 Å². The van der Waals surface area contributed by atoms with Crippen LogP contribution in [0.5, 0.6) is 0 Å². The van der Waals surface area contributed by atoms with E-state index in [0.717, 1.165) is 19.6 Å². The van der Waals surface area contributed by atoms with Crippen LogP contribution in [0.3, 0.4) is 0 Å². The lowest BCUT2D eigenvalue weighted by Crippen LogP contribution is -2.25. The Hall–Kier alpha value is -1.96. The zero-order valence-electron chi connectivity index (χ0n) is 19.6. The molecule has 7 heteroatoms. The van der Waals surface area contributed by atoms with E-state index in [0.29, 0.717) is 65.3 Å². The summed E-state index contributed by atoms with van der Waals surface area (Å²) in [7, 11) is 0. The van der Waals surface area contributed by atoms with Crippen LogP contribution in [0, 0.1) is 11.8 Å². The van der Waals surface area contributed by atoms with Crippen molar-refractivity contribution in [2.24, 2.45) is 11.8 Å². The van der Waals surface area contributed by atoms with Gasteiger partial charge in [0.2, 0.25) is 0 Å². The fraction of sp³-hybridized carbons (Fsp3) is 0.680. The van der Waals surface area contributed by atoms with Gasteiger partial charge in [0.1, 0.15) is 0 Å². The summed E-state index contributed by atoms with van der Waals surface area (Å²) >= 11 is 0. The maximum absolute atomic E-state index is 12.1. The van der Waals surface area contributed by atoms with Crippen LogP contribution in [0.4, 0.5) is 0 Å². The van der Waals surface area contributed by atoms with Crippen molar-refractivity contribution in [1.29, 1.82) is 0 Å². The van der Waals surface area contributed by atoms with Crippen molar-refractivity contribution in [1.82, 2.24) is 4.90 Å². The predicted octanol–water partition coefficient (Wildman–Crippen LogP) is 3.45. The number of carbonyl (C=O) groups is 2. The SMILES string of the molecule is CCOCCCC(=O)OC[C@H]1CN(Cc2ccccc2)C[C@@H]1COC(=O)CCCOCC. The number of hydrogen-bond acceptors (Lipinski definition) is 7. The number of likely N-dealkylation sites (tertiary alicyclic amines) is 1. The van der Waals surface area contributed by atoms with Gasteiger partial charge in [-0.1, -0.05) is 30.3 Å². The van der Waals surface area contributed by atoms with Crippen LogP contribution in [0.15, 0.2) is 30.3 Å². The first-order chi connectivity index (χ1) is 15.6. The number of benzene rings is 1. The Kier molecular flexibility index (Phi) is 13.0. The van der Waals surface area contributed by atoms with Crippen molar-refractivity contribution < 1.29 is 28.5 Å². The van der Waals surface area contributed by atoms with Crippen LogP contribution in [0.25, 0.3) is 0 Å². The van der Waals surface area contributed by atoms with Gasteiger partial charge >= 0.3 is 11.9 Å². The molecule has 1 aliphatic rings. The molecule has 1 heterocycles. The zero-order valence-corrected chi connectivity index (χ0v) is 19.6. The summed E-state index contributed by atoms with van der Waals surface area (Å²) in [6.45, 7) is 9.48. The van der Waals surface area contributed by atoms with E-state index in [2.05, 4.69) is 17.0 Å². The highest BCUT2D eigenvalue weighted by molar-refractivity contribution is 5.69. The molecule has 0 bridgehead atoms. The summed E-state index contributed by atoms with van der Waals surface area (Å²) in [5, 5.41) is 0. The zero-order chi connectivity index (χ0) is 23.0. The van der Waals surface area contributed by atoms with Crippen molar-refractivity contribution >= 4 is 11.9 Å². The molecule has 0 saturated carbocycles. The standard InChI is InChI=1S/C25H39NO6/c1-3-29-14-8-12-24(27)31-19-22-17-26(16-21-10-6-5-7-11-21)18-23(22)20-32-25(28)13-9-15-30-4-2/h5-7,10-11,22-23H,3-4,8-9,12-20H2,1-2H3/t22-,23-/m1/s1. The molecule has 32 heavy (non-hydrogen) atoms. The average Bonchev–Trinajstić information content (AvgIpc) is 3.19. The lowest BCUT2D eigenvalue weighted by molar-refractivity contribution is -0.149. The van der Waals surface area contributed by atoms with Gasteiger partial charge < -0.3 is 18.9 Å². The highest BCUT2D eigenvalue weighted by Gasteiger charge is 2.34. The Labute approximate surface area is 192 Å². The van der Waals surface area contributed by atoms with E-state index in [-0.39, 0.29) is 23.8 Å². The minimum absolute atomic E-state index is 0.144. The van der Waals surface area contributed by atoms with Gasteiger partial charge in [-0.05, 0) is 32.3 Å². The van der Waals surface area contributed by atoms with Crippen LogP contribution < -0.4 is 0 Å². The minimum Gasteiger partial charge on any atom is -0.465 e. The molecule has 0 unspecified atom stereocenters. The van der Waals surface area contributed by atoms with Crippen LogP contribution in [-0.2, 0) is 35.1 Å². The summed E-state index contributed by atoms with van der Waals surface area (Å²) in [6, 6.07) is 10.3. The molecule has 2 atom stereocenters. The van der Waals surface area contributed by atoms with E-state index >= 15 is 0 Å². The molecule has 0 aliphatic carbocycles. The Bertz CT molecular complexity index is 617. The van der Waals surface area contributed by atoms with E-state index < -0.39 is 0 Å². The van der Waals surface area contributed by atoms with Gasteiger partial charge in [-0.25, -0.2) is 0 Å². The second-order valence-corrected chi connectivity index (χ2v) is 8.17. The molecule has 7 nitrogen and oxygen atoms in total. The normalized spacial score (nSPS) is 18.6. The average molecular weight is 450 g/mol. The Morgan fingerprint density at radius 3 is 1.81 bits per heavy atom. The van der Waals surface area contributed by atoms with Gasteiger partial charge in [-0.3, -0.25) is 14.5 Å². The van der Waals surface area contributed by atoms with Crippen LogP contribution in [0.1, 0.15) is 45.1 Å². The molecule has 1 fully saturated rings. The lowest BCUT2D eigenvalue weighted by atomic mass is 9.98. The smallest absolute Gasteiger partial charge is 0.305 e. The molecule has 0 amide bonds. The first-order valence-electron chi connectivity index (χ1n) is 11.8. The fourth-order valence-corrected chi connectivity index (χ4v) is 3.85. The molecule has 0 N–H and O–H groups in total. The first-order valence-corrected chi connectivity index (χ1v) is 11.8. The lowest BCUT2D eigenvalue weighted by Gasteiger charge is -2.18. The van der Waals surface area contributed by atoms with Gasteiger partial charge in [0, 0.05) is 70.7 Å². The molecule has 2 rings (SSSR count). The van der Waals surface area contributed by atoms with Crippen molar-refractivity contribution in [2.45, 2.75) is 46.1 Å². The third-order valence-corrected chi connectivity index (χ3v) is 5.57. The largest absolute Gasteiger partial charge is 0.465 e. The van der Waals surface area contributed by atoms with Crippen molar-refractivity contribution in [3.63, 3.8) is 0 Å². The Morgan fingerprint density at radius 1 is 0.844 bits per heavy atom. The highest BCUT2D eigenvalue weighted by atomic mass is 16.5. The molecular formula is C25H39NO6. The van der Waals surface area contributed by atoms with E-state index in [1.54, 1.807) is 0 Å². The number of nitrogens with zero attached hydrogens (tertiary/aromatic N) is 1. The number of ether oxygens (including phenoxy) is 4. The monoisotopic (exact) mass is 449 g/mol. The number of esters is 2. The highest BCUT2D eigenvalue weighted by Crippen LogP contribution is 2.26. The minimum atomic E-state index is -0.196. The van der Waals surface area contributed by atoms with Crippen LogP contribution in [0.2, 0.25) is 0 Å². The van der Waals surface area contributed by atoms with Crippen molar-refractivity contribution in [2.75, 3.05) is 52.7 Å². The molecule has 0 spiro atoms. The second-order valence-electron chi connectivity index (χ2n) is 8.17. The molecule has 1 aromatic rings. The summed E-state index contributed by atoms with van der Waals surface area (Å²) in [4.78, 5) is 26.5. The number of hydrogen-bond donors (Lipinski definition) is 0. The number of carbonyl (C=O) groups excluding carboxylic acids is 2. The van der Waals surface area contributed by atoms with E-state index in [1.807, 2.05) is 32.0 Å². The Balaban J connectivity index is 1.81. The maximum Gasteiger partial charge on any atom is 0.305 e. The summed E-state index contributed by atoms with van der Waals surface area (Å²) in [6.07, 6.45) is 2.06. The molecule has 0 aromatic heterocycles. The van der Waals surface area contributed by atoms with E-state index in [4.69, 9.17) is 18.9 Å². The van der Waals surface area contributed by atoms with Gasteiger partial charge in [0.25, 0.3) is 0 Å². The van der Waals surface area contributed by atoms with Gasteiger partial charge in [-0.2, -0.15) is 0 Å². The Morgan fingerprint density at radius 2 is 1.34 bits per heavy atom. The fourth-order valence-electron chi connectivity index (χ4n) is 3.85. The third kappa shape index (κ3) is 10.6. The van der Waals surface area contributed by atoms with Crippen LogP contribution in [-0.4, -0.2) is 69.6 Å². The first kappa shape index (κ1) is 26.3. The molecule has 1 aliphatic heterocycles. The molecule has 180 valence electrons. The molecule has 1 aromatic carbocycles. The van der Waals surface area contributed by atoms with E-state index in [9.17, 15) is 9.59 Å². The van der Waals surface area contributed by atoms with Gasteiger partial charge in [-0.15, -0.1) is 0 Å². The maximum atomic E-state index is 12.1. The predicted molar refractivity (Wildman–Crippen MR) is 122 cm³/mol. The topological polar surface area (TPSA) is 74.3 Å². The summed E-state index contributed by atoms with van der Waals surface area (Å²) < 4.78 is 21.7. The van der Waals surface area contributed by atoms with E-state index in [1.165, 1.54) is 5.56 Å². The molecule has 1 saturated heterocycles.